The molecule has 2 atom stereocenters. The Morgan fingerprint density at radius 3 is 2.79 bits per heavy atom. The van der Waals surface area contributed by atoms with Crippen molar-refractivity contribution in [3.63, 3.8) is 0 Å². The number of ether oxygens (including phenoxy) is 1. The van der Waals surface area contributed by atoms with Crippen LogP contribution in [-0.4, -0.2) is 38.3 Å². The van der Waals surface area contributed by atoms with Crippen molar-refractivity contribution >= 4 is 5.91 Å². The van der Waals surface area contributed by atoms with E-state index >= 15 is 0 Å². The van der Waals surface area contributed by atoms with Gasteiger partial charge in [0.25, 0.3) is 0 Å². The summed E-state index contributed by atoms with van der Waals surface area (Å²) in [5.41, 5.74) is -0.203. The van der Waals surface area contributed by atoms with Crippen LogP contribution in [0.15, 0.2) is 0 Å². The smallest absolute Gasteiger partial charge is 0.226 e. The van der Waals surface area contributed by atoms with Gasteiger partial charge in [0.15, 0.2) is 0 Å². The molecule has 19 heavy (non-hydrogen) atoms. The van der Waals surface area contributed by atoms with Gasteiger partial charge in [-0.2, -0.15) is 0 Å². The number of hydrogen-bond donors (Lipinski definition) is 2. The average molecular weight is 268 g/mol. The molecule has 2 heterocycles. The summed E-state index contributed by atoms with van der Waals surface area (Å²) in [5, 5.41) is 6.62. The van der Waals surface area contributed by atoms with E-state index in [9.17, 15) is 4.79 Å². The highest BCUT2D eigenvalue weighted by Crippen LogP contribution is 2.40. The monoisotopic (exact) mass is 268 g/mol. The Kier molecular flexibility index (Phi) is 5.22. The van der Waals surface area contributed by atoms with Gasteiger partial charge in [0.05, 0.1) is 5.41 Å². The van der Waals surface area contributed by atoms with Crippen LogP contribution in [0.4, 0.5) is 0 Å². The van der Waals surface area contributed by atoms with Crippen molar-refractivity contribution in [2.24, 2.45) is 11.3 Å². The van der Waals surface area contributed by atoms with Gasteiger partial charge in [-0.05, 0) is 38.1 Å². The van der Waals surface area contributed by atoms with E-state index in [1.54, 1.807) is 0 Å². The second kappa shape index (κ2) is 6.71. The van der Waals surface area contributed by atoms with E-state index < -0.39 is 0 Å². The highest BCUT2D eigenvalue weighted by atomic mass is 16.5. The molecular formula is C15H28N2O2. The zero-order chi connectivity index (χ0) is 13.7. The van der Waals surface area contributed by atoms with Crippen LogP contribution < -0.4 is 10.6 Å². The normalized spacial score (nSPS) is 28.0. The van der Waals surface area contributed by atoms with Gasteiger partial charge < -0.3 is 15.4 Å². The molecule has 1 amide bonds. The first kappa shape index (κ1) is 14.8. The van der Waals surface area contributed by atoms with E-state index in [1.165, 1.54) is 12.8 Å². The minimum absolute atomic E-state index is 0.203. The van der Waals surface area contributed by atoms with Gasteiger partial charge in [-0.15, -0.1) is 0 Å². The standard InChI is InChI=1S/C15H28N2O2/c1-3-12(2)15(6-9-19-10-7-15)14(18)17-11-13-5-4-8-16-13/h12-13,16H,3-11H2,1-2H3,(H,17,18)/t12?,13-/m1/s1. The molecule has 1 unspecified atom stereocenters. The van der Waals surface area contributed by atoms with Crippen molar-refractivity contribution in [2.45, 2.75) is 52.0 Å². The summed E-state index contributed by atoms with van der Waals surface area (Å²) >= 11 is 0. The maximum Gasteiger partial charge on any atom is 0.226 e. The van der Waals surface area contributed by atoms with Crippen molar-refractivity contribution in [1.82, 2.24) is 10.6 Å². The fourth-order valence-corrected chi connectivity index (χ4v) is 3.39. The number of carbonyl (C=O) groups excluding carboxylic acids is 1. The van der Waals surface area contributed by atoms with Crippen LogP contribution >= 0.6 is 0 Å². The van der Waals surface area contributed by atoms with E-state index in [0.29, 0.717) is 12.0 Å². The molecule has 2 aliphatic heterocycles. The van der Waals surface area contributed by atoms with Crippen LogP contribution in [0.1, 0.15) is 46.0 Å². The molecule has 2 N–H and O–H groups in total. The molecular weight excluding hydrogens is 240 g/mol. The van der Waals surface area contributed by atoms with Gasteiger partial charge in [-0.1, -0.05) is 20.3 Å². The summed E-state index contributed by atoms with van der Waals surface area (Å²) in [5.74, 6) is 0.673. The Bertz CT molecular complexity index is 295. The summed E-state index contributed by atoms with van der Waals surface area (Å²) in [6, 6.07) is 0.470. The summed E-state index contributed by atoms with van der Waals surface area (Å²) < 4.78 is 5.46. The first-order chi connectivity index (χ1) is 9.19. The summed E-state index contributed by atoms with van der Waals surface area (Å²) in [4.78, 5) is 12.7. The fourth-order valence-electron chi connectivity index (χ4n) is 3.39. The van der Waals surface area contributed by atoms with E-state index in [2.05, 4.69) is 24.5 Å². The SMILES string of the molecule is CCC(C)C1(C(=O)NC[C@H]2CCCN2)CCOCC1. The third-order valence-corrected chi connectivity index (χ3v) is 5.06. The minimum Gasteiger partial charge on any atom is -0.381 e. The number of amides is 1. The van der Waals surface area contributed by atoms with E-state index in [1.807, 2.05) is 0 Å². The first-order valence-electron chi connectivity index (χ1n) is 7.78. The summed E-state index contributed by atoms with van der Waals surface area (Å²) in [7, 11) is 0. The van der Waals surface area contributed by atoms with Crippen LogP contribution in [0, 0.1) is 11.3 Å². The van der Waals surface area contributed by atoms with Crippen molar-refractivity contribution in [3.8, 4) is 0 Å². The van der Waals surface area contributed by atoms with Gasteiger partial charge in [0.1, 0.15) is 0 Å². The zero-order valence-corrected chi connectivity index (χ0v) is 12.3. The molecule has 4 nitrogen and oxygen atoms in total. The highest BCUT2D eigenvalue weighted by molar-refractivity contribution is 5.83. The largest absolute Gasteiger partial charge is 0.381 e. The fraction of sp³-hybridized carbons (Fsp3) is 0.933. The first-order valence-corrected chi connectivity index (χ1v) is 7.78. The van der Waals surface area contributed by atoms with Crippen LogP contribution in [0.2, 0.25) is 0 Å². The van der Waals surface area contributed by atoms with Crippen molar-refractivity contribution in [1.29, 1.82) is 0 Å². The van der Waals surface area contributed by atoms with Gasteiger partial charge in [-0.3, -0.25) is 4.79 Å². The number of nitrogens with one attached hydrogen (secondary N) is 2. The van der Waals surface area contributed by atoms with Crippen LogP contribution in [0.5, 0.6) is 0 Å². The topological polar surface area (TPSA) is 50.4 Å². The Balaban J connectivity index is 1.94. The predicted molar refractivity (Wildman–Crippen MR) is 76.0 cm³/mol. The predicted octanol–water partition coefficient (Wildman–Crippen LogP) is 1.70. The van der Waals surface area contributed by atoms with E-state index in [0.717, 1.165) is 45.6 Å². The van der Waals surface area contributed by atoms with Gasteiger partial charge in [-0.25, -0.2) is 0 Å². The third-order valence-electron chi connectivity index (χ3n) is 5.06. The second-order valence-corrected chi connectivity index (χ2v) is 6.08. The quantitative estimate of drug-likeness (QED) is 0.798. The molecule has 110 valence electrons. The molecule has 2 fully saturated rings. The Hall–Kier alpha value is -0.610. The second-order valence-electron chi connectivity index (χ2n) is 6.08. The highest BCUT2D eigenvalue weighted by Gasteiger charge is 2.43. The lowest BCUT2D eigenvalue weighted by Gasteiger charge is -2.40. The average Bonchev–Trinajstić information content (AvgIpc) is 2.97. The van der Waals surface area contributed by atoms with E-state index in [-0.39, 0.29) is 11.3 Å². The van der Waals surface area contributed by atoms with E-state index in [4.69, 9.17) is 4.74 Å². The Labute approximate surface area is 116 Å². The van der Waals surface area contributed by atoms with Crippen molar-refractivity contribution in [3.05, 3.63) is 0 Å². The Morgan fingerprint density at radius 2 is 2.21 bits per heavy atom. The lowest BCUT2D eigenvalue weighted by Crippen LogP contribution is -2.50. The molecule has 2 rings (SSSR count). The maximum absolute atomic E-state index is 12.7. The van der Waals surface area contributed by atoms with Crippen LogP contribution in [-0.2, 0) is 9.53 Å². The molecule has 0 aromatic heterocycles. The molecule has 0 spiro atoms. The van der Waals surface area contributed by atoms with Gasteiger partial charge in [0, 0.05) is 25.8 Å². The molecule has 0 radical (unpaired) electrons. The minimum atomic E-state index is -0.203. The van der Waals surface area contributed by atoms with Crippen LogP contribution in [0.25, 0.3) is 0 Å². The number of rotatable bonds is 5. The number of carbonyl (C=O) groups is 1. The summed E-state index contributed by atoms with van der Waals surface area (Å²) in [6.07, 6.45) is 5.19. The lowest BCUT2D eigenvalue weighted by atomic mass is 9.68. The van der Waals surface area contributed by atoms with Crippen molar-refractivity contribution in [2.75, 3.05) is 26.3 Å². The van der Waals surface area contributed by atoms with Crippen LogP contribution in [0.3, 0.4) is 0 Å². The van der Waals surface area contributed by atoms with Gasteiger partial charge >= 0.3 is 0 Å². The molecule has 2 saturated heterocycles. The lowest BCUT2D eigenvalue weighted by molar-refractivity contribution is -0.141. The van der Waals surface area contributed by atoms with Crippen molar-refractivity contribution < 1.29 is 9.53 Å². The molecule has 2 aliphatic rings. The molecule has 0 aromatic rings. The third kappa shape index (κ3) is 3.29. The maximum atomic E-state index is 12.7. The summed E-state index contributed by atoms with van der Waals surface area (Å²) in [6.45, 7) is 7.69. The van der Waals surface area contributed by atoms with Gasteiger partial charge in [0.2, 0.25) is 5.91 Å². The molecule has 0 saturated carbocycles. The number of hydrogen-bond acceptors (Lipinski definition) is 3. The molecule has 0 aliphatic carbocycles. The zero-order valence-electron chi connectivity index (χ0n) is 12.3. The molecule has 0 aromatic carbocycles. The Morgan fingerprint density at radius 1 is 1.47 bits per heavy atom. The molecule has 4 heteroatoms. The molecule has 0 bridgehead atoms.